The monoisotopic (exact) mass is 288 g/mol. The van der Waals surface area contributed by atoms with Crippen molar-refractivity contribution in [3.8, 4) is 5.75 Å². The molecule has 0 unspecified atom stereocenters. The highest BCUT2D eigenvalue weighted by atomic mass is 16.5. The Morgan fingerprint density at radius 1 is 1.33 bits per heavy atom. The summed E-state index contributed by atoms with van der Waals surface area (Å²) in [7, 11) is 4.05. The average molecular weight is 288 g/mol. The van der Waals surface area contributed by atoms with Crippen LogP contribution in [0.1, 0.15) is 17.5 Å². The first-order chi connectivity index (χ1) is 10.2. The molecule has 21 heavy (non-hydrogen) atoms. The predicted molar refractivity (Wildman–Crippen MR) is 84.0 cm³/mol. The molecule has 0 fully saturated rings. The molecule has 1 aromatic carbocycles. The minimum absolute atomic E-state index is 0.511. The normalized spacial score (nSPS) is 11.0. The second kappa shape index (κ2) is 7.81. The summed E-state index contributed by atoms with van der Waals surface area (Å²) in [5.41, 5.74) is 7.98. The van der Waals surface area contributed by atoms with E-state index in [0.29, 0.717) is 13.2 Å². The zero-order valence-corrected chi connectivity index (χ0v) is 12.8. The molecule has 0 spiro atoms. The summed E-state index contributed by atoms with van der Waals surface area (Å²) in [6, 6.07) is 7.94. The fraction of sp³-hybridized carbons (Fsp3) is 0.438. The van der Waals surface area contributed by atoms with Crippen LogP contribution in [0.4, 0.5) is 0 Å². The number of ether oxygens (including phenoxy) is 1. The first kappa shape index (κ1) is 15.5. The van der Waals surface area contributed by atoms with Gasteiger partial charge in [0, 0.05) is 44.0 Å². The lowest BCUT2D eigenvalue weighted by Crippen LogP contribution is -2.20. The predicted octanol–water partition coefficient (Wildman–Crippen LogP) is 1.78. The average Bonchev–Trinajstić information content (AvgIpc) is 2.89. The van der Waals surface area contributed by atoms with Crippen LogP contribution in [0.3, 0.4) is 0 Å². The molecule has 5 heteroatoms. The first-order valence-corrected chi connectivity index (χ1v) is 7.26. The van der Waals surface area contributed by atoms with Crippen molar-refractivity contribution in [2.45, 2.75) is 19.5 Å². The van der Waals surface area contributed by atoms with Gasteiger partial charge in [-0.2, -0.15) is 5.10 Å². The van der Waals surface area contributed by atoms with Crippen molar-refractivity contribution in [3.63, 3.8) is 0 Å². The number of hydrogen-bond donors (Lipinski definition) is 1. The molecule has 0 bridgehead atoms. The molecular formula is C16H24N4O. The third kappa shape index (κ3) is 4.88. The minimum Gasteiger partial charge on any atom is -0.493 e. The standard InChI is InChI=1S/C16H24N4O/c1-19(12-14-11-18-20(2)13-14)8-5-9-21-16-7-4-3-6-15(16)10-17/h3-4,6-7,11,13H,5,8-10,12,17H2,1-2H3. The second-order valence-corrected chi connectivity index (χ2v) is 5.27. The summed E-state index contributed by atoms with van der Waals surface area (Å²) in [6.45, 7) is 3.11. The highest BCUT2D eigenvalue weighted by Gasteiger charge is 2.04. The van der Waals surface area contributed by atoms with Crippen LogP contribution >= 0.6 is 0 Å². The summed E-state index contributed by atoms with van der Waals surface area (Å²) in [4.78, 5) is 2.27. The first-order valence-electron chi connectivity index (χ1n) is 7.26. The van der Waals surface area contributed by atoms with E-state index >= 15 is 0 Å². The molecular weight excluding hydrogens is 264 g/mol. The molecule has 0 aliphatic heterocycles. The topological polar surface area (TPSA) is 56.3 Å². The van der Waals surface area contributed by atoms with Gasteiger partial charge in [-0.3, -0.25) is 4.68 Å². The fourth-order valence-electron chi connectivity index (χ4n) is 2.27. The van der Waals surface area contributed by atoms with Crippen LogP contribution in [-0.2, 0) is 20.1 Å². The number of hydrogen-bond acceptors (Lipinski definition) is 4. The van der Waals surface area contributed by atoms with Gasteiger partial charge in [-0.25, -0.2) is 0 Å². The summed E-state index contributed by atoms with van der Waals surface area (Å²) < 4.78 is 7.64. The lowest BCUT2D eigenvalue weighted by atomic mass is 10.2. The van der Waals surface area contributed by atoms with E-state index in [2.05, 4.69) is 17.0 Å². The lowest BCUT2D eigenvalue weighted by Gasteiger charge is -2.16. The highest BCUT2D eigenvalue weighted by molar-refractivity contribution is 5.32. The van der Waals surface area contributed by atoms with E-state index in [-0.39, 0.29) is 0 Å². The lowest BCUT2D eigenvalue weighted by molar-refractivity contribution is 0.257. The maximum atomic E-state index is 5.81. The molecule has 2 rings (SSSR count). The van der Waals surface area contributed by atoms with Gasteiger partial charge in [-0.1, -0.05) is 18.2 Å². The third-order valence-electron chi connectivity index (χ3n) is 3.35. The number of rotatable bonds is 8. The van der Waals surface area contributed by atoms with E-state index in [1.807, 2.05) is 48.4 Å². The number of nitrogens with zero attached hydrogens (tertiary/aromatic N) is 3. The Hall–Kier alpha value is -1.85. The number of benzene rings is 1. The molecule has 0 aliphatic carbocycles. The largest absolute Gasteiger partial charge is 0.493 e. The molecule has 0 amide bonds. The Kier molecular flexibility index (Phi) is 5.78. The van der Waals surface area contributed by atoms with Crippen molar-refractivity contribution in [1.29, 1.82) is 0 Å². The van der Waals surface area contributed by atoms with E-state index in [0.717, 1.165) is 30.8 Å². The van der Waals surface area contributed by atoms with Gasteiger partial charge in [0.05, 0.1) is 12.8 Å². The molecule has 5 nitrogen and oxygen atoms in total. The van der Waals surface area contributed by atoms with Crippen LogP contribution in [0.2, 0.25) is 0 Å². The molecule has 0 atom stereocenters. The Morgan fingerprint density at radius 2 is 2.14 bits per heavy atom. The van der Waals surface area contributed by atoms with Crippen molar-refractivity contribution in [3.05, 3.63) is 47.8 Å². The summed E-state index contributed by atoms with van der Waals surface area (Å²) in [5.74, 6) is 0.898. The van der Waals surface area contributed by atoms with Gasteiger partial charge in [0.25, 0.3) is 0 Å². The molecule has 114 valence electrons. The van der Waals surface area contributed by atoms with Crippen molar-refractivity contribution < 1.29 is 4.74 Å². The van der Waals surface area contributed by atoms with Crippen molar-refractivity contribution in [2.75, 3.05) is 20.2 Å². The highest BCUT2D eigenvalue weighted by Crippen LogP contribution is 2.17. The fourth-order valence-corrected chi connectivity index (χ4v) is 2.27. The van der Waals surface area contributed by atoms with Crippen molar-refractivity contribution >= 4 is 0 Å². The quantitative estimate of drug-likeness (QED) is 0.752. The molecule has 0 radical (unpaired) electrons. The Balaban J connectivity index is 1.69. The molecule has 0 saturated carbocycles. The van der Waals surface area contributed by atoms with E-state index in [1.54, 1.807) is 0 Å². The number of nitrogens with two attached hydrogens (primary N) is 1. The Labute approximate surface area is 126 Å². The van der Waals surface area contributed by atoms with Crippen LogP contribution in [0, 0.1) is 0 Å². The second-order valence-electron chi connectivity index (χ2n) is 5.27. The maximum Gasteiger partial charge on any atom is 0.123 e. The third-order valence-corrected chi connectivity index (χ3v) is 3.35. The van der Waals surface area contributed by atoms with Crippen molar-refractivity contribution in [2.24, 2.45) is 12.8 Å². The molecule has 2 N–H and O–H groups in total. The van der Waals surface area contributed by atoms with Crippen LogP contribution in [0.15, 0.2) is 36.7 Å². The van der Waals surface area contributed by atoms with Gasteiger partial charge in [0.2, 0.25) is 0 Å². The molecule has 0 saturated heterocycles. The Morgan fingerprint density at radius 3 is 2.86 bits per heavy atom. The summed E-state index contributed by atoms with van der Waals surface area (Å²) in [6.07, 6.45) is 4.94. The van der Waals surface area contributed by atoms with Gasteiger partial charge in [-0.05, 0) is 19.5 Å². The van der Waals surface area contributed by atoms with Gasteiger partial charge in [0.1, 0.15) is 5.75 Å². The van der Waals surface area contributed by atoms with Crippen LogP contribution < -0.4 is 10.5 Å². The minimum atomic E-state index is 0.511. The van der Waals surface area contributed by atoms with Gasteiger partial charge < -0.3 is 15.4 Å². The molecule has 0 aliphatic rings. The van der Waals surface area contributed by atoms with Gasteiger partial charge >= 0.3 is 0 Å². The molecule has 2 aromatic rings. The van der Waals surface area contributed by atoms with E-state index in [4.69, 9.17) is 10.5 Å². The summed E-state index contributed by atoms with van der Waals surface area (Å²) in [5, 5.41) is 4.18. The van der Waals surface area contributed by atoms with E-state index in [1.165, 1.54) is 5.56 Å². The number of para-hydroxylation sites is 1. The van der Waals surface area contributed by atoms with Gasteiger partial charge in [-0.15, -0.1) is 0 Å². The molecule has 1 heterocycles. The van der Waals surface area contributed by atoms with Crippen molar-refractivity contribution in [1.82, 2.24) is 14.7 Å². The van der Waals surface area contributed by atoms with Gasteiger partial charge in [0.15, 0.2) is 0 Å². The zero-order valence-electron chi connectivity index (χ0n) is 12.8. The number of aryl methyl sites for hydroxylation is 1. The zero-order chi connectivity index (χ0) is 15.1. The van der Waals surface area contributed by atoms with Crippen LogP contribution in [0.5, 0.6) is 5.75 Å². The van der Waals surface area contributed by atoms with Crippen LogP contribution in [0.25, 0.3) is 0 Å². The van der Waals surface area contributed by atoms with Crippen LogP contribution in [-0.4, -0.2) is 34.9 Å². The Bertz CT molecular complexity index is 553. The number of aromatic nitrogens is 2. The van der Waals surface area contributed by atoms with E-state index in [9.17, 15) is 0 Å². The molecule has 1 aromatic heterocycles. The smallest absolute Gasteiger partial charge is 0.123 e. The van der Waals surface area contributed by atoms with E-state index < -0.39 is 0 Å². The summed E-state index contributed by atoms with van der Waals surface area (Å²) >= 11 is 0. The maximum absolute atomic E-state index is 5.81. The SMILES string of the molecule is CN(CCCOc1ccccc1CN)Cc1cnn(C)c1.